The van der Waals surface area contributed by atoms with E-state index in [4.69, 9.17) is 32.1 Å². The van der Waals surface area contributed by atoms with Crippen molar-refractivity contribution < 1.29 is 22.1 Å². The van der Waals surface area contributed by atoms with Gasteiger partial charge in [0.1, 0.15) is 4.90 Å². The van der Waals surface area contributed by atoms with Crippen LogP contribution in [0.4, 0.5) is 4.79 Å². The van der Waals surface area contributed by atoms with Gasteiger partial charge in [-0.1, -0.05) is 36.2 Å². The molecular formula is C21H26Cl2N2O5S. The quantitative estimate of drug-likeness (QED) is 0.496. The Morgan fingerprint density at radius 2 is 1.81 bits per heavy atom. The minimum atomic E-state index is -4.19. The first kappa shape index (κ1) is 25.1. The number of carbonyl (C=O) groups excluding carboxylic acids is 1. The summed E-state index contributed by atoms with van der Waals surface area (Å²) in [5, 5.41) is 3.13. The summed E-state index contributed by atoms with van der Waals surface area (Å²) >= 11 is 11.8. The molecule has 0 heterocycles. The van der Waals surface area contributed by atoms with Gasteiger partial charge in [-0.2, -0.15) is 8.42 Å². The zero-order valence-electron chi connectivity index (χ0n) is 17.8. The Morgan fingerprint density at radius 1 is 1.10 bits per heavy atom. The molecule has 0 aliphatic rings. The van der Waals surface area contributed by atoms with E-state index in [1.165, 1.54) is 25.3 Å². The van der Waals surface area contributed by atoms with Crippen LogP contribution in [0.3, 0.4) is 0 Å². The van der Waals surface area contributed by atoms with Gasteiger partial charge >= 0.3 is 16.1 Å². The van der Waals surface area contributed by atoms with Gasteiger partial charge in [0.15, 0.2) is 11.5 Å². The average molecular weight is 489 g/mol. The normalized spacial score (nSPS) is 12.2. The Balaban J connectivity index is 2.36. The molecule has 0 radical (unpaired) electrons. The van der Waals surface area contributed by atoms with Crippen molar-refractivity contribution in [2.45, 2.75) is 44.7 Å². The highest BCUT2D eigenvalue weighted by atomic mass is 35.5. The molecule has 2 rings (SSSR count). The van der Waals surface area contributed by atoms with Crippen LogP contribution in [0.1, 0.15) is 32.8 Å². The summed E-state index contributed by atoms with van der Waals surface area (Å²) in [6, 6.07) is 8.59. The van der Waals surface area contributed by atoms with Gasteiger partial charge in [-0.25, -0.2) is 4.79 Å². The highest BCUT2D eigenvalue weighted by Gasteiger charge is 2.23. The number of carbonyl (C=O) groups is 1. The van der Waals surface area contributed by atoms with Crippen molar-refractivity contribution in [3.63, 3.8) is 0 Å². The number of urea groups is 1. The van der Waals surface area contributed by atoms with Gasteiger partial charge in [-0.15, -0.1) is 0 Å². The predicted octanol–water partition coefficient (Wildman–Crippen LogP) is 5.10. The second-order valence-electron chi connectivity index (χ2n) is 6.82. The predicted molar refractivity (Wildman–Crippen MR) is 122 cm³/mol. The zero-order chi connectivity index (χ0) is 23.2. The van der Waals surface area contributed by atoms with Crippen LogP contribution in [0.15, 0.2) is 41.3 Å². The first-order chi connectivity index (χ1) is 14.6. The van der Waals surface area contributed by atoms with Crippen molar-refractivity contribution in [2.24, 2.45) is 0 Å². The number of nitrogens with one attached hydrogen (secondary N) is 1. The molecule has 1 N–H and O–H groups in total. The summed E-state index contributed by atoms with van der Waals surface area (Å²) in [5.74, 6) is 0.242. The molecule has 0 unspecified atom stereocenters. The molecule has 2 aromatic rings. The number of hydrogen-bond acceptors (Lipinski definition) is 5. The summed E-state index contributed by atoms with van der Waals surface area (Å²) in [5.41, 5.74) is 0.687. The number of methoxy groups -OCH3 is 1. The number of hydrogen-bond donors (Lipinski definition) is 1. The van der Waals surface area contributed by atoms with Gasteiger partial charge in [0.05, 0.1) is 17.2 Å². The van der Waals surface area contributed by atoms with E-state index in [2.05, 4.69) is 5.32 Å². The van der Waals surface area contributed by atoms with Crippen LogP contribution < -0.4 is 14.2 Å². The summed E-state index contributed by atoms with van der Waals surface area (Å²) < 4.78 is 36.1. The van der Waals surface area contributed by atoms with Gasteiger partial charge in [0, 0.05) is 19.1 Å². The maximum atomic E-state index is 12.8. The second-order valence-corrected chi connectivity index (χ2v) is 9.18. The number of nitrogens with zero attached hydrogens (tertiary/aromatic N) is 1. The van der Waals surface area contributed by atoms with Crippen molar-refractivity contribution in [3.05, 3.63) is 52.0 Å². The molecular weight excluding hydrogens is 463 g/mol. The first-order valence-corrected chi connectivity index (χ1v) is 11.9. The lowest BCUT2D eigenvalue weighted by Crippen LogP contribution is -2.44. The Morgan fingerprint density at radius 3 is 2.39 bits per heavy atom. The van der Waals surface area contributed by atoms with E-state index < -0.39 is 10.1 Å². The third-order valence-corrected chi connectivity index (χ3v) is 6.64. The third-order valence-electron chi connectivity index (χ3n) is 4.67. The maximum absolute atomic E-state index is 12.8. The van der Waals surface area contributed by atoms with Crippen molar-refractivity contribution in [1.82, 2.24) is 10.2 Å². The SMILES string of the molecule is CCNC(=O)N(Cc1ccc(OC)c(OS(=O)(=O)c2ccc(Cl)c(Cl)c2)c1)[C@@H](C)CC. The Hall–Kier alpha value is -2.16. The molecule has 0 fully saturated rings. The van der Waals surface area contributed by atoms with Crippen molar-refractivity contribution in [1.29, 1.82) is 0 Å². The largest absolute Gasteiger partial charge is 0.493 e. The molecule has 0 aromatic heterocycles. The molecule has 7 nitrogen and oxygen atoms in total. The van der Waals surface area contributed by atoms with E-state index in [1.54, 1.807) is 23.1 Å². The van der Waals surface area contributed by atoms with Crippen molar-refractivity contribution in [3.8, 4) is 11.5 Å². The van der Waals surface area contributed by atoms with E-state index in [0.717, 1.165) is 6.42 Å². The minimum Gasteiger partial charge on any atom is -0.493 e. The fourth-order valence-corrected chi connectivity index (χ4v) is 4.10. The van der Waals surface area contributed by atoms with Crippen LogP contribution in [-0.2, 0) is 16.7 Å². The first-order valence-electron chi connectivity index (χ1n) is 9.73. The molecule has 0 bridgehead atoms. The lowest BCUT2D eigenvalue weighted by atomic mass is 10.1. The lowest BCUT2D eigenvalue weighted by Gasteiger charge is -2.29. The van der Waals surface area contributed by atoms with E-state index in [1.807, 2.05) is 20.8 Å². The number of halogens is 2. The molecule has 1 atom stereocenters. The van der Waals surface area contributed by atoms with Crippen LogP contribution in [0.25, 0.3) is 0 Å². The van der Waals surface area contributed by atoms with Gasteiger partial charge < -0.3 is 19.1 Å². The summed E-state index contributed by atoms with van der Waals surface area (Å²) in [7, 11) is -2.78. The summed E-state index contributed by atoms with van der Waals surface area (Å²) in [4.78, 5) is 14.0. The average Bonchev–Trinajstić information content (AvgIpc) is 2.73. The summed E-state index contributed by atoms with van der Waals surface area (Å²) in [6.07, 6.45) is 0.766. The molecule has 2 amide bonds. The van der Waals surface area contributed by atoms with Gasteiger partial charge in [0.2, 0.25) is 0 Å². The molecule has 0 saturated carbocycles. The lowest BCUT2D eigenvalue weighted by molar-refractivity contribution is 0.174. The monoisotopic (exact) mass is 488 g/mol. The van der Waals surface area contributed by atoms with Crippen LogP contribution in [0, 0.1) is 0 Å². The molecule has 170 valence electrons. The zero-order valence-corrected chi connectivity index (χ0v) is 20.1. The van der Waals surface area contributed by atoms with E-state index in [-0.39, 0.29) is 45.1 Å². The van der Waals surface area contributed by atoms with Crippen LogP contribution in [-0.4, -0.2) is 39.0 Å². The smallest absolute Gasteiger partial charge is 0.339 e. The van der Waals surface area contributed by atoms with Gasteiger partial charge in [-0.05, 0) is 56.2 Å². The fourth-order valence-electron chi connectivity index (χ4n) is 2.78. The molecule has 0 aliphatic carbocycles. The topological polar surface area (TPSA) is 84.9 Å². The van der Waals surface area contributed by atoms with Crippen LogP contribution in [0.2, 0.25) is 10.0 Å². The molecule has 31 heavy (non-hydrogen) atoms. The van der Waals surface area contributed by atoms with Crippen molar-refractivity contribution in [2.75, 3.05) is 13.7 Å². The van der Waals surface area contributed by atoms with E-state index >= 15 is 0 Å². The Kier molecular flexibility index (Phi) is 8.85. The third kappa shape index (κ3) is 6.41. The number of benzene rings is 2. The van der Waals surface area contributed by atoms with Gasteiger partial charge in [-0.3, -0.25) is 0 Å². The molecule has 0 saturated heterocycles. The van der Waals surface area contributed by atoms with Crippen molar-refractivity contribution >= 4 is 39.4 Å². The fraction of sp³-hybridized carbons (Fsp3) is 0.381. The number of amides is 2. The standard InChI is InChI=1S/C21H26Cl2N2O5S/c1-5-14(3)25(21(26)24-6-2)13-15-7-10-19(29-4)20(11-15)30-31(27,28)16-8-9-17(22)18(23)12-16/h7-12,14H,5-6,13H2,1-4H3,(H,24,26)/t14-/m0/s1. The second kappa shape index (κ2) is 10.9. The molecule has 0 aliphatic heterocycles. The minimum absolute atomic E-state index is 0.00562. The summed E-state index contributed by atoms with van der Waals surface area (Å²) in [6.45, 7) is 6.56. The molecule has 10 heteroatoms. The highest BCUT2D eigenvalue weighted by Crippen LogP contribution is 2.33. The van der Waals surface area contributed by atoms with Gasteiger partial charge in [0.25, 0.3) is 0 Å². The molecule has 0 spiro atoms. The Labute approximate surface area is 193 Å². The number of ether oxygens (including phenoxy) is 1. The Bertz CT molecular complexity index is 1030. The maximum Gasteiger partial charge on any atom is 0.339 e. The van der Waals surface area contributed by atoms with E-state index in [9.17, 15) is 13.2 Å². The molecule has 2 aromatic carbocycles. The van der Waals surface area contributed by atoms with Crippen LogP contribution >= 0.6 is 23.2 Å². The van der Waals surface area contributed by atoms with E-state index in [0.29, 0.717) is 12.1 Å². The highest BCUT2D eigenvalue weighted by molar-refractivity contribution is 7.87. The number of rotatable bonds is 9. The van der Waals surface area contributed by atoms with Crippen LogP contribution in [0.5, 0.6) is 11.5 Å².